The molecule has 1 fully saturated rings. The zero-order chi connectivity index (χ0) is 14.0. The molecule has 0 aromatic rings. The fraction of sp³-hybridized carbons (Fsp3) is 0.714. The van der Waals surface area contributed by atoms with E-state index in [1.165, 1.54) is 26.9 Å². The van der Waals surface area contributed by atoms with E-state index in [4.69, 9.17) is 4.43 Å². The van der Waals surface area contributed by atoms with Crippen molar-refractivity contribution in [2.75, 3.05) is 11.5 Å². The van der Waals surface area contributed by atoms with E-state index in [1.54, 1.807) is 0 Å². The van der Waals surface area contributed by atoms with Crippen LogP contribution in [0.1, 0.15) is 34.6 Å². The number of rotatable bonds is 3. The van der Waals surface area contributed by atoms with Gasteiger partial charge in [0.25, 0.3) is 0 Å². The minimum atomic E-state index is -1.67. The molecule has 0 bridgehead atoms. The smallest absolute Gasteiger partial charge is 0.249 e. The molecule has 0 amide bonds. The molecule has 0 spiro atoms. The van der Waals surface area contributed by atoms with Crippen LogP contribution in [0.25, 0.3) is 0 Å². The first-order valence-corrected chi connectivity index (χ1v) is 11.3. The van der Waals surface area contributed by atoms with Crippen LogP contribution in [0, 0.1) is 0 Å². The Labute approximate surface area is 122 Å². The van der Waals surface area contributed by atoms with Crippen LogP contribution in [-0.2, 0) is 4.43 Å². The van der Waals surface area contributed by atoms with Gasteiger partial charge in [-0.3, -0.25) is 0 Å². The van der Waals surface area contributed by atoms with Crippen LogP contribution in [0.15, 0.2) is 21.6 Å². The van der Waals surface area contributed by atoms with Gasteiger partial charge in [-0.2, -0.15) is 0 Å². The zero-order valence-electron chi connectivity index (χ0n) is 12.7. The highest BCUT2D eigenvalue weighted by molar-refractivity contribution is 8.25. The van der Waals surface area contributed by atoms with E-state index >= 15 is 0 Å². The summed E-state index contributed by atoms with van der Waals surface area (Å²) in [4.78, 5) is 0. The standard InChI is InChI=1S/C14H26OS2Si/c1-11(12(2)13-16-8-9-17-13)10-15-18(6,7)14(3,4)5/h10H,8-9H2,1-7H3/b11-10+. The summed E-state index contributed by atoms with van der Waals surface area (Å²) in [6.45, 7) is 15.8. The summed E-state index contributed by atoms with van der Waals surface area (Å²) in [6, 6.07) is 0. The quantitative estimate of drug-likeness (QED) is 0.494. The van der Waals surface area contributed by atoms with Crippen molar-refractivity contribution < 1.29 is 4.43 Å². The van der Waals surface area contributed by atoms with Gasteiger partial charge in [0.1, 0.15) is 0 Å². The fourth-order valence-corrected chi connectivity index (χ4v) is 4.64. The normalized spacial score (nSPS) is 18.2. The summed E-state index contributed by atoms with van der Waals surface area (Å²) in [5.41, 5.74) is 2.66. The maximum Gasteiger partial charge on any atom is 0.249 e. The third kappa shape index (κ3) is 4.10. The van der Waals surface area contributed by atoms with Crippen LogP contribution in [0.3, 0.4) is 0 Å². The predicted molar refractivity (Wildman–Crippen MR) is 89.7 cm³/mol. The van der Waals surface area contributed by atoms with Crippen molar-refractivity contribution in [2.24, 2.45) is 0 Å². The molecule has 0 radical (unpaired) electrons. The maximum atomic E-state index is 6.16. The predicted octanol–water partition coefficient (Wildman–Crippen LogP) is 5.62. The maximum absolute atomic E-state index is 6.16. The summed E-state index contributed by atoms with van der Waals surface area (Å²) >= 11 is 3.95. The molecular weight excluding hydrogens is 276 g/mol. The summed E-state index contributed by atoms with van der Waals surface area (Å²) in [5, 5.41) is 0.266. The molecular formula is C14H26OS2Si. The van der Waals surface area contributed by atoms with Gasteiger partial charge in [-0.1, -0.05) is 20.8 Å². The molecule has 1 heterocycles. The third-order valence-corrected chi connectivity index (χ3v) is 11.0. The highest BCUT2D eigenvalue weighted by Gasteiger charge is 2.38. The lowest BCUT2D eigenvalue weighted by Crippen LogP contribution is -2.39. The molecule has 1 nitrogen and oxygen atoms in total. The molecule has 1 saturated heterocycles. The average Bonchev–Trinajstić information content (AvgIpc) is 2.76. The summed E-state index contributed by atoms with van der Waals surface area (Å²) in [5.74, 6) is 2.49. The largest absolute Gasteiger partial charge is 0.549 e. The van der Waals surface area contributed by atoms with Crippen LogP contribution in [-0.4, -0.2) is 19.8 Å². The van der Waals surface area contributed by atoms with Crippen molar-refractivity contribution in [3.63, 3.8) is 0 Å². The Morgan fingerprint density at radius 2 is 1.67 bits per heavy atom. The van der Waals surface area contributed by atoms with Crippen molar-refractivity contribution in [3.8, 4) is 0 Å². The van der Waals surface area contributed by atoms with Gasteiger partial charge in [0.05, 0.1) is 6.26 Å². The molecule has 4 heteroatoms. The number of hydrogen-bond acceptors (Lipinski definition) is 3. The Bertz CT molecular complexity index is 356. The highest BCUT2D eigenvalue weighted by atomic mass is 32.2. The topological polar surface area (TPSA) is 9.23 Å². The molecule has 0 N–H and O–H groups in total. The molecule has 1 aliphatic heterocycles. The summed E-state index contributed by atoms with van der Waals surface area (Å²) < 4.78 is 7.64. The van der Waals surface area contributed by atoms with E-state index in [9.17, 15) is 0 Å². The first-order chi connectivity index (χ1) is 8.15. The van der Waals surface area contributed by atoms with Crippen molar-refractivity contribution in [1.29, 1.82) is 0 Å². The Hall–Kier alpha value is 0.197. The van der Waals surface area contributed by atoms with Gasteiger partial charge in [0.2, 0.25) is 8.32 Å². The Morgan fingerprint density at radius 3 is 2.11 bits per heavy atom. The van der Waals surface area contributed by atoms with Crippen LogP contribution in [0.5, 0.6) is 0 Å². The van der Waals surface area contributed by atoms with Crippen LogP contribution >= 0.6 is 23.5 Å². The van der Waals surface area contributed by atoms with Crippen molar-refractivity contribution in [1.82, 2.24) is 0 Å². The molecule has 1 aliphatic rings. The molecule has 0 unspecified atom stereocenters. The van der Waals surface area contributed by atoms with E-state index in [0.29, 0.717) is 0 Å². The SMILES string of the molecule is CC(=C1SCCS1)/C(C)=C/O[Si](C)(C)C(C)(C)C. The van der Waals surface area contributed by atoms with Gasteiger partial charge in [-0.25, -0.2) is 0 Å². The monoisotopic (exact) mass is 302 g/mol. The molecule has 104 valence electrons. The van der Waals surface area contributed by atoms with E-state index in [1.807, 2.05) is 29.8 Å². The minimum Gasteiger partial charge on any atom is -0.549 e. The van der Waals surface area contributed by atoms with Gasteiger partial charge < -0.3 is 4.43 Å². The van der Waals surface area contributed by atoms with Crippen LogP contribution < -0.4 is 0 Å². The Balaban J connectivity index is 2.76. The summed E-state index contributed by atoms with van der Waals surface area (Å²) in [6.07, 6.45) is 2.00. The second kappa shape index (κ2) is 6.10. The lowest BCUT2D eigenvalue weighted by atomic mass is 10.2. The van der Waals surface area contributed by atoms with E-state index in [-0.39, 0.29) is 5.04 Å². The number of hydrogen-bond donors (Lipinski definition) is 0. The molecule has 0 aliphatic carbocycles. The van der Waals surface area contributed by atoms with Gasteiger partial charge in [-0.15, -0.1) is 23.5 Å². The van der Waals surface area contributed by atoms with E-state index < -0.39 is 8.32 Å². The number of allylic oxidation sites excluding steroid dienone is 2. The van der Waals surface area contributed by atoms with Gasteiger partial charge >= 0.3 is 0 Å². The molecule has 0 aromatic heterocycles. The van der Waals surface area contributed by atoms with Crippen molar-refractivity contribution in [3.05, 3.63) is 21.6 Å². The highest BCUT2D eigenvalue weighted by Crippen LogP contribution is 2.41. The van der Waals surface area contributed by atoms with Gasteiger partial charge in [0.15, 0.2) is 0 Å². The Kier molecular flexibility index (Phi) is 5.51. The minimum absolute atomic E-state index is 0.266. The molecule has 18 heavy (non-hydrogen) atoms. The average molecular weight is 303 g/mol. The van der Waals surface area contributed by atoms with Gasteiger partial charge in [-0.05, 0) is 43.1 Å². The fourth-order valence-electron chi connectivity index (χ4n) is 1.19. The lowest BCUT2D eigenvalue weighted by molar-refractivity contribution is 0.426. The second-order valence-corrected chi connectivity index (χ2v) is 13.5. The molecule has 1 rings (SSSR count). The van der Waals surface area contributed by atoms with Crippen molar-refractivity contribution >= 4 is 31.8 Å². The van der Waals surface area contributed by atoms with Gasteiger partial charge in [0, 0.05) is 15.7 Å². The van der Waals surface area contributed by atoms with E-state index in [2.05, 4.69) is 47.7 Å². The molecule has 0 saturated carbocycles. The third-order valence-electron chi connectivity index (χ3n) is 3.78. The number of thioether (sulfide) groups is 2. The van der Waals surface area contributed by atoms with E-state index in [0.717, 1.165) is 0 Å². The molecule has 0 atom stereocenters. The zero-order valence-corrected chi connectivity index (χ0v) is 15.3. The summed E-state index contributed by atoms with van der Waals surface area (Å²) in [7, 11) is -1.67. The first kappa shape index (κ1) is 16.3. The van der Waals surface area contributed by atoms with Crippen LogP contribution in [0.2, 0.25) is 18.1 Å². The molecule has 0 aromatic carbocycles. The lowest BCUT2D eigenvalue weighted by Gasteiger charge is -2.35. The van der Waals surface area contributed by atoms with Crippen molar-refractivity contribution in [2.45, 2.75) is 52.8 Å². The first-order valence-electron chi connectivity index (χ1n) is 6.46. The van der Waals surface area contributed by atoms with Crippen LogP contribution in [0.4, 0.5) is 0 Å². The Morgan fingerprint density at radius 1 is 1.17 bits per heavy atom. The second-order valence-electron chi connectivity index (χ2n) is 6.29.